The number of nitrogens with one attached hydrogen (secondary N) is 1. The van der Waals surface area contributed by atoms with Crippen molar-refractivity contribution in [3.05, 3.63) is 29.8 Å². The van der Waals surface area contributed by atoms with Crippen molar-refractivity contribution in [2.24, 2.45) is 0 Å². The number of anilines is 1. The Hall–Kier alpha value is -1.58. The predicted molar refractivity (Wildman–Crippen MR) is 68.3 cm³/mol. The molecule has 0 atom stereocenters. The molecule has 1 aromatic carbocycles. The van der Waals surface area contributed by atoms with Crippen LogP contribution in [-0.4, -0.2) is 25.1 Å². The molecule has 1 fully saturated rings. The second-order valence-corrected chi connectivity index (χ2v) is 3.98. The molecule has 0 radical (unpaired) electrons. The Morgan fingerprint density at radius 3 is 2.56 bits per heavy atom. The van der Waals surface area contributed by atoms with E-state index in [2.05, 4.69) is 5.32 Å². The molecular weight excluding hydrogens is 199 g/mol. The summed E-state index contributed by atoms with van der Waals surface area (Å²) in [5.74, 6) is 0. The van der Waals surface area contributed by atoms with E-state index in [0.717, 1.165) is 24.2 Å². The van der Waals surface area contributed by atoms with Gasteiger partial charge in [-0.15, -0.1) is 0 Å². The Kier molecular flexibility index (Phi) is 3.08. The molecule has 0 unspecified atom stereocenters. The van der Waals surface area contributed by atoms with Crippen LogP contribution in [0.2, 0.25) is 6.82 Å². The Morgan fingerprint density at radius 2 is 2.00 bits per heavy atom. The number of benzene rings is 1. The van der Waals surface area contributed by atoms with Crippen molar-refractivity contribution >= 4 is 24.2 Å². The van der Waals surface area contributed by atoms with Gasteiger partial charge in [-0.05, 0) is 0 Å². The predicted octanol–water partition coefficient (Wildman–Crippen LogP) is 1.80. The van der Waals surface area contributed by atoms with Gasteiger partial charge in [0.15, 0.2) is 0 Å². The third-order valence-electron chi connectivity index (χ3n) is 2.81. The van der Waals surface area contributed by atoms with E-state index in [1.54, 1.807) is 4.90 Å². The molecule has 1 saturated heterocycles. The molecule has 1 heterocycles. The molecule has 1 aliphatic rings. The minimum absolute atomic E-state index is 0.0387. The van der Waals surface area contributed by atoms with Crippen LogP contribution in [-0.2, 0) is 0 Å². The van der Waals surface area contributed by atoms with E-state index < -0.39 is 0 Å². The maximum atomic E-state index is 11.8. The number of carbonyl (C=O) groups is 1. The summed E-state index contributed by atoms with van der Waals surface area (Å²) in [6.45, 7) is 6.67. The number of nitrogens with zero attached hydrogens (tertiary/aromatic N) is 1. The Balaban J connectivity index is 2.17. The van der Waals surface area contributed by atoms with Crippen LogP contribution < -0.4 is 10.2 Å². The van der Waals surface area contributed by atoms with Crippen LogP contribution in [0.5, 0.6) is 0 Å². The van der Waals surface area contributed by atoms with Gasteiger partial charge in [0.05, 0.1) is 0 Å². The first-order chi connectivity index (χ1) is 7.70. The summed E-state index contributed by atoms with van der Waals surface area (Å²) in [7, 11) is 0. The Morgan fingerprint density at radius 1 is 1.31 bits per heavy atom. The summed E-state index contributed by atoms with van der Waals surface area (Å²) in [4.78, 5) is 13.6. The topological polar surface area (TPSA) is 32.3 Å². The first-order valence-corrected chi connectivity index (χ1v) is 5.51. The van der Waals surface area contributed by atoms with Gasteiger partial charge in [-0.1, -0.05) is 0 Å². The van der Waals surface area contributed by atoms with E-state index in [1.165, 1.54) is 5.56 Å². The number of carbonyl (C=O) groups excluding carboxylic acids is 1. The first kappa shape index (κ1) is 10.9. The SMILES string of the molecule is CB=C1CCN(c2ccc(C)cc2)C(=O)N1. The van der Waals surface area contributed by atoms with Gasteiger partial charge in [-0.2, -0.15) is 0 Å². The molecule has 0 aliphatic carbocycles. The second-order valence-electron chi connectivity index (χ2n) is 3.98. The van der Waals surface area contributed by atoms with E-state index in [-0.39, 0.29) is 6.03 Å². The normalized spacial score (nSPS) is 18.2. The molecule has 1 aromatic rings. The summed E-state index contributed by atoms with van der Waals surface area (Å²) >= 11 is 0. The van der Waals surface area contributed by atoms with Crippen molar-refractivity contribution in [3.63, 3.8) is 0 Å². The molecule has 0 bridgehead atoms. The first-order valence-electron chi connectivity index (χ1n) is 5.51. The second kappa shape index (κ2) is 4.52. The van der Waals surface area contributed by atoms with Crippen LogP contribution in [0.3, 0.4) is 0 Å². The maximum absolute atomic E-state index is 11.8. The van der Waals surface area contributed by atoms with Gasteiger partial charge in [-0.3, -0.25) is 0 Å². The van der Waals surface area contributed by atoms with E-state index in [1.807, 2.05) is 44.9 Å². The number of urea groups is 1. The fourth-order valence-corrected chi connectivity index (χ4v) is 1.79. The molecule has 82 valence electrons. The Labute approximate surface area is 96.4 Å². The number of amides is 2. The quantitative estimate of drug-likeness (QED) is 0.710. The summed E-state index contributed by atoms with van der Waals surface area (Å²) in [5.41, 5.74) is 3.17. The summed E-state index contributed by atoms with van der Waals surface area (Å²) < 4.78 is 0. The average Bonchev–Trinajstić information content (AvgIpc) is 2.30. The number of aryl methyl sites for hydroxylation is 1. The minimum atomic E-state index is -0.0387. The van der Waals surface area contributed by atoms with Crippen molar-refractivity contribution < 1.29 is 4.79 Å². The zero-order chi connectivity index (χ0) is 11.5. The molecule has 0 saturated carbocycles. The fourth-order valence-electron chi connectivity index (χ4n) is 1.79. The molecule has 4 heteroatoms. The molecule has 1 N–H and O–H groups in total. The summed E-state index contributed by atoms with van der Waals surface area (Å²) in [6.07, 6.45) is 0.885. The van der Waals surface area contributed by atoms with E-state index in [9.17, 15) is 4.79 Å². The van der Waals surface area contributed by atoms with Gasteiger partial charge < -0.3 is 0 Å². The van der Waals surface area contributed by atoms with Gasteiger partial charge >= 0.3 is 95.8 Å². The standard InChI is InChI=1S/C12H15BN2O/c1-9-3-5-10(6-4-9)15-8-7-11(13-2)14-12(15)16/h3-6H,7-8H2,1-2H3,(H,14,16). The van der Waals surface area contributed by atoms with Gasteiger partial charge in [0.25, 0.3) is 0 Å². The Bertz CT molecular complexity index is 425. The zero-order valence-corrected chi connectivity index (χ0v) is 9.66. The van der Waals surface area contributed by atoms with Crippen molar-refractivity contribution in [1.29, 1.82) is 0 Å². The van der Waals surface area contributed by atoms with Crippen LogP contribution >= 0.6 is 0 Å². The summed E-state index contributed by atoms with van der Waals surface area (Å²) in [5, 5.41) is 2.88. The molecular formula is C12H15BN2O. The number of rotatable bonds is 1. The third-order valence-corrected chi connectivity index (χ3v) is 2.81. The van der Waals surface area contributed by atoms with E-state index in [4.69, 9.17) is 0 Å². The number of hydrogen-bond acceptors (Lipinski definition) is 1. The molecule has 2 rings (SSSR count). The van der Waals surface area contributed by atoms with Crippen LogP contribution in [0.25, 0.3) is 0 Å². The van der Waals surface area contributed by atoms with Crippen LogP contribution in [0.1, 0.15) is 12.0 Å². The molecule has 0 aromatic heterocycles. The van der Waals surface area contributed by atoms with Crippen molar-refractivity contribution in [2.75, 3.05) is 11.4 Å². The fraction of sp³-hybridized carbons (Fsp3) is 0.333. The van der Waals surface area contributed by atoms with E-state index >= 15 is 0 Å². The molecule has 2 amide bonds. The van der Waals surface area contributed by atoms with Crippen molar-refractivity contribution in [3.8, 4) is 0 Å². The van der Waals surface area contributed by atoms with Crippen LogP contribution in [0.4, 0.5) is 10.5 Å². The van der Waals surface area contributed by atoms with Crippen LogP contribution in [0.15, 0.2) is 24.3 Å². The van der Waals surface area contributed by atoms with Crippen LogP contribution in [0, 0.1) is 6.92 Å². The van der Waals surface area contributed by atoms with E-state index in [0.29, 0.717) is 0 Å². The van der Waals surface area contributed by atoms with Gasteiger partial charge in [0.2, 0.25) is 0 Å². The summed E-state index contributed by atoms with van der Waals surface area (Å²) in [6, 6.07) is 7.97. The molecule has 1 aliphatic heterocycles. The number of hydrogen-bond donors (Lipinski definition) is 1. The third kappa shape index (κ3) is 2.16. The molecule has 3 nitrogen and oxygen atoms in total. The van der Waals surface area contributed by atoms with Gasteiger partial charge in [-0.25, -0.2) is 0 Å². The van der Waals surface area contributed by atoms with Gasteiger partial charge in [0, 0.05) is 0 Å². The molecule has 16 heavy (non-hydrogen) atoms. The van der Waals surface area contributed by atoms with Gasteiger partial charge in [0.1, 0.15) is 0 Å². The monoisotopic (exact) mass is 214 g/mol. The van der Waals surface area contributed by atoms with Crippen molar-refractivity contribution in [2.45, 2.75) is 20.2 Å². The van der Waals surface area contributed by atoms with Crippen molar-refractivity contribution in [1.82, 2.24) is 5.32 Å². The average molecular weight is 214 g/mol. The zero-order valence-electron chi connectivity index (χ0n) is 9.66. The molecule has 0 spiro atoms.